The Hall–Kier alpha value is -2.91. The van der Waals surface area contributed by atoms with Crippen molar-refractivity contribution < 1.29 is 38.9 Å². The lowest BCUT2D eigenvalue weighted by Gasteiger charge is -2.52. The number of ether oxygens (including phenoxy) is 1. The van der Waals surface area contributed by atoms with Gasteiger partial charge in [-0.25, -0.2) is 0 Å². The molecule has 3 fully saturated rings. The van der Waals surface area contributed by atoms with Crippen LogP contribution in [0.4, 0.5) is 5.69 Å². The number of carbonyl (C=O) groups is 5. The molecule has 2 saturated carbocycles. The fourth-order valence-corrected chi connectivity index (χ4v) is 6.99. The Balaban J connectivity index is 1.59. The van der Waals surface area contributed by atoms with Gasteiger partial charge in [0.2, 0.25) is 0 Å². The van der Waals surface area contributed by atoms with E-state index in [9.17, 15) is 34.2 Å². The second-order valence-electron chi connectivity index (χ2n) is 10.9. The maximum atomic E-state index is 13.9. The van der Waals surface area contributed by atoms with Crippen LogP contribution in [0.3, 0.4) is 0 Å². The molecule has 0 bridgehead atoms. The van der Waals surface area contributed by atoms with Crippen LogP contribution in [0.25, 0.3) is 0 Å². The number of nitrogens with zero attached hydrogens (tertiary/aromatic N) is 1. The number of morpholine rings is 1. The Morgan fingerprint density at radius 3 is 2.39 bits per heavy atom. The molecule has 0 radical (unpaired) electrons. The molecule has 3 aliphatic carbocycles. The van der Waals surface area contributed by atoms with E-state index >= 15 is 0 Å². The van der Waals surface area contributed by atoms with Crippen molar-refractivity contribution in [3.63, 3.8) is 0 Å². The van der Waals surface area contributed by atoms with Crippen molar-refractivity contribution in [1.29, 1.82) is 0 Å². The van der Waals surface area contributed by atoms with Crippen LogP contribution in [0.2, 0.25) is 0 Å². The fourth-order valence-electron chi connectivity index (χ4n) is 6.99. The molecule has 5 rings (SSSR count). The standard InChI is InChI=1S/C27H31NO8/c1-12(2)18-16-11-15-10-14-4-5-17(28-6-8-36-9-7-28)22(30)20(14)24(32)21(15)26(34)27(16,35)25(33)19(13(3)29)23(18)31/h4-5,12,15-16,18-19,21,30,35H,6-11H2,1-3H3/t15-,16-,18?,19?,21?,27+/m1/s1. The van der Waals surface area contributed by atoms with Crippen LogP contribution >= 0.6 is 0 Å². The van der Waals surface area contributed by atoms with E-state index in [4.69, 9.17) is 4.74 Å². The van der Waals surface area contributed by atoms with Crippen molar-refractivity contribution >= 4 is 34.6 Å². The van der Waals surface area contributed by atoms with Crippen molar-refractivity contribution in [3.8, 4) is 5.75 Å². The summed E-state index contributed by atoms with van der Waals surface area (Å²) in [6.07, 6.45) is 0.416. The average molecular weight is 498 g/mol. The molecule has 1 aliphatic heterocycles. The third-order valence-electron chi connectivity index (χ3n) is 8.64. The van der Waals surface area contributed by atoms with E-state index in [1.807, 2.05) is 4.90 Å². The molecule has 3 unspecified atom stereocenters. The van der Waals surface area contributed by atoms with Gasteiger partial charge in [0, 0.05) is 24.9 Å². The highest BCUT2D eigenvalue weighted by molar-refractivity contribution is 6.32. The highest BCUT2D eigenvalue weighted by Crippen LogP contribution is 2.53. The highest BCUT2D eigenvalue weighted by Gasteiger charge is 2.68. The molecule has 1 aromatic rings. The summed E-state index contributed by atoms with van der Waals surface area (Å²) in [7, 11) is 0. The zero-order chi connectivity index (χ0) is 26.1. The third kappa shape index (κ3) is 3.32. The maximum Gasteiger partial charge on any atom is 0.190 e. The Morgan fingerprint density at radius 2 is 1.78 bits per heavy atom. The van der Waals surface area contributed by atoms with Crippen LogP contribution < -0.4 is 4.90 Å². The summed E-state index contributed by atoms with van der Waals surface area (Å²) in [5.41, 5.74) is -1.48. The lowest BCUT2D eigenvalue weighted by molar-refractivity contribution is -0.182. The van der Waals surface area contributed by atoms with Gasteiger partial charge in [0.25, 0.3) is 0 Å². The van der Waals surface area contributed by atoms with Gasteiger partial charge in [-0.05, 0) is 43.2 Å². The summed E-state index contributed by atoms with van der Waals surface area (Å²) in [5.74, 6) is -9.94. The number of aliphatic hydroxyl groups is 1. The SMILES string of the molecule is CC(=O)C1C(=O)C(C(C)C)[C@H]2C[C@H]3Cc4ccc(N5CCOCC5)c(O)c4C(=O)C3C(=O)[C@@]2(O)C1=O. The van der Waals surface area contributed by atoms with Gasteiger partial charge >= 0.3 is 0 Å². The van der Waals surface area contributed by atoms with Gasteiger partial charge in [-0.15, -0.1) is 0 Å². The molecule has 4 aliphatic rings. The van der Waals surface area contributed by atoms with Gasteiger partial charge in [-0.3, -0.25) is 24.0 Å². The van der Waals surface area contributed by atoms with E-state index in [1.165, 1.54) is 0 Å². The zero-order valence-electron chi connectivity index (χ0n) is 20.7. The predicted molar refractivity (Wildman–Crippen MR) is 127 cm³/mol. The zero-order valence-corrected chi connectivity index (χ0v) is 20.7. The minimum absolute atomic E-state index is 0.0403. The van der Waals surface area contributed by atoms with Crippen molar-refractivity contribution in [3.05, 3.63) is 23.3 Å². The number of ketones is 5. The van der Waals surface area contributed by atoms with Gasteiger partial charge in [-0.2, -0.15) is 0 Å². The Bertz CT molecular complexity index is 1180. The molecule has 1 heterocycles. The second-order valence-corrected chi connectivity index (χ2v) is 10.9. The van der Waals surface area contributed by atoms with E-state index in [0.29, 0.717) is 44.0 Å². The molecular formula is C27H31NO8. The van der Waals surface area contributed by atoms with E-state index in [2.05, 4.69) is 0 Å². The van der Waals surface area contributed by atoms with Gasteiger partial charge in [-0.1, -0.05) is 19.9 Å². The van der Waals surface area contributed by atoms with Crippen LogP contribution in [0.15, 0.2) is 12.1 Å². The fraction of sp³-hybridized carbons (Fsp3) is 0.593. The number of fused-ring (bicyclic) bond motifs is 3. The van der Waals surface area contributed by atoms with Crippen LogP contribution in [0.5, 0.6) is 5.75 Å². The Morgan fingerprint density at radius 1 is 1.11 bits per heavy atom. The van der Waals surface area contributed by atoms with Gasteiger partial charge in [0.1, 0.15) is 17.5 Å². The van der Waals surface area contributed by atoms with Crippen LogP contribution in [0, 0.1) is 35.5 Å². The minimum Gasteiger partial charge on any atom is -0.505 e. The van der Waals surface area contributed by atoms with E-state index < -0.39 is 64.1 Å². The number of hydrogen-bond acceptors (Lipinski definition) is 9. The van der Waals surface area contributed by atoms with E-state index in [-0.39, 0.29) is 23.7 Å². The molecule has 0 aromatic heterocycles. The molecule has 36 heavy (non-hydrogen) atoms. The van der Waals surface area contributed by atoms with E-state index in [1.54, 1.807) is 26.0 Å². The summed E-state index contributed by atoms with van der Waals surface area (Å²) >= 11 is 0. The Kier molecular flexibility index (Phi) is 5.91. The molecule has 1 aromatic carbocycles. The third-order valence-corrected chi connectivity index (χ3v) is 8.64. The summed E-state index contributed by atoms with van der Waals surface area (Å²) in [6.45, 7) is 6.68. The Labute approximate surface area is 208 Å². The van der Waals surface area contributed by atoms with Gasteiger partial charge in [0.05, 0.1) is 30.4 Å². The number of benzene rings is 1. The van der Waals surface area contributed by atoms with Crippen LogP contribution in [-0.4, -0.2) is 71.0 Å². The van der Waals surface area contributed by atoms with Gasteiger partial charge < -0.3 is 19.8 Å². The van der Waals surface area contributed by atoms with Crippen molar-refractivity contribution in [1.82, 2.24) is 0 Å². The number of aromatic hydroxyl groups is 1. The number of phenolic OH excluding ortho intramolecular Hbond substituents is 1. The molecule has 2 N–H and O–H groups in total. The maximum absolute atomic E-state index is 13.9. The number of hydrogen-bond donors (Lipinski definition) is 2. The first-order valence-electron chi connectivity index (χ1n) is 12.6. The van der Waals surface area contributed by atoms with Crippen molar-refractivity contribution in [2.24, 2.45) is 35.5 Å². The van der Waals surface area contributed by atoms with Gasteiger partial charge in [0.15, 0.2) is 28.7 Å². The number of Topliss-reactive ketones (excluding diaryl/α,β-unsaturated/α-hetero) is 5. The van der Waals surface area contributed by atoms with Crippen LogP contribution in [-0.2, 0) is 30.3 Å². The van der Waals surface area contributed by atoms with E-state index in [0.717, 1.165) is 6.92 Å². The second kappa shape index (κ2) is 8.59. The highest BCUT2D eigenvalue weighted by atomic mass is 16.5. The first-order valence-corrected chi connectivity index (χ1v) is 12.6. The largest absolute Gasteiger partial charge is 0.505 e. The topological polar surface area (TPSA) is 138 Å². The van der Waals surface area contributed by atoms with Crippen molar-refractivity contribution in [2.75, 3.05) is 31.2 Å². The number of anilines is 1. The number of rotatable bonds is 3. The molecule has 9 nitrogen and oxygen atoms in total. The monoisotopic (exact) mass is 497 g/mol. The van der Waals surface area contributed by atoms with Crippen molar-refractivity contribution in [2.45, 2.75) is 39.2 Å². The minimum atomic E-state index is -2.59. The first kappa shape index (κ1) is 24.8. The smallest absolute Gasteiger partial charge is 0.190 e. The average Bonchev–Trinajstić information content (AvgIpc) is 2.81. The number of carbonyl (C=O) groups excluding carboxylic acids is 5. The lowest BCUT2D eigenvalue weighted by Crippen LogP contribution is -2.70. The molecule has 192 valence electrons. The summed E-state index contributed by atoms with van der Waals surface area (Å²) in [4.78, 5) is 68.4. The molecule has 0 spiro atoms. The lowest BCUT2D eigenvalue weighted by atomic mass is 9.49. The van der Waals surface area contributed by atoms with Crippen LogP contribution in [0.1, 0.15) is 43.1 Å². The first-order chi connectivity index (χ1) is 17.0. The summed E-state index contributed by atoms with van der Waals surface area (Å²) in [6, 6.07) is 3.54. The summed E-state index contributed by atoms with van der Waals surface area (Å²) in [5, 5.41) is 22.8. The molecule has 1 saturated heterocycles. The normalized spacial score (nSPS) is 34.4. The molecule has 9 heteroatoms. The summed E-state index contributed by atoms with van der Waals surface area (Å²) < 4.78 is 5.37. The molecule has 6 atom stereocenters. The quantitative estimate of drug-likeness (QED) is 0.589. The predicted octanol–water partition coefficient (Wildman–Crippen LogP) is 1.15. The molecule has 0 amide bonds. The molecular weight excluding hydrogens is 466 g/mol. The number of phenols is 1.